The lowest BCUT2D eigenvalue weighted by atomic mass is 10.1. The second-order valence-electron chi connectivity index (χ2n) is 5.51. The molecule has 0 bridgehead atoms. The molecule has 0 saturated carbocycles. The number of amides is 1. The van der Waals surface area contributed by atoms with Crippen LogP contribution in [-0.2, 0) is 0 Å². The lowest BCUT2D eigenvalue weighted by Crippen LogP contribution is -2.18. The van der Waals surface area contributed by atoms with E-state index in [4.69, 9.17) is 4.74 Å². The van der Waals surface area contributed by atoms with E-state index in [-0.39, 0.29) is 5.91 Å². The number of hydrogen-bond donors (Lipinski definition) is 2. The molecule has 3 rings (SSSR count). The number of methoxy groups -OCH3 is 1. The molecule has 6 heteroatoms. The Hall–Kier alpha value is -3.41. The molecule has 1 amide bonds. The minimum Gasteiger partial charge on any atom is -0.497 e. The molecule has 0 fully saturated rings. The number of nitrogens with zero attached hydrogens (tertiary/aromatic N) is 2. The summed E-state index contributed by atoms with van der Waals surface area (Å²) in [6, 6.07) is 17.0. The summed E-state index contributed by atoms with van der Waals surface area (Å²) >= 11 is 0. The van der Waals surface area contributed by atoms with Crippen molar-refractivity contribution in [2.45, 2.75) is 6.92 Å². The topological polar surface area (TPSA) is 79.4 Å². The maximum Gasteiger partial charge on any atom is 0.289 e. The van der Waals surface area contributed by atoms with Crippen LogP contribution in [0.5, 0.6) is 5.75 Å². The van der Waals surface area contributed by atoms with E-state index in [1.165, 1.54) is 5.56 Å². The maximum atomic E-state index is 12.1. The summed E-state index contributed by atoms with van der Waals surface area (Å²) in [6.45, 7) is 2.02. The van der Waals surface area contributed by atoms with Gasteiger partial charge in [-0.25, -0.2) is 5.43 Å². The first kappa shape index (κ1) is 16.4. The van der Waals surface area contributed by atoms with Crippen LogP contribution in [0.1, 0.15) is 21.6 Å². The van der Waals surface area contributed by atoms with Crippen LogP contribution in [0.3, 0.4) is 0 Å². The molecule has 0 unspecified atom stereocenters. The molecule has 2 N–H and O–H groups in total. The van der Waals surface area contributed by atoms with Crippen molar-refractivity contribution < 1.29 is 9.53 Å². The van der Waals surface area contributed by atoms with Gasteiger partial charge in [-0.1, -0.05) is 42.0 Å². The van der Waals surface area contributed by atoms with Gasteiger partial charge in [0.1, 0.15) is 11.4 Å². The number of carbonyl (C=O) groups excluding carboxylic acids is 1. The number of H-pyrrole nitrogens is 1. The third-order valence-corrected chi connectivity index (χ3v) is 3.64. The average molecular weight is 334 g/mol. The summed E-state index contributed by atoms with van der Waals surface area (Å²) in [5, 5.41) is 10.9. The van der Waals surface area contributed by atoms with E-state index >= 15 is 0 Å². The van der Waals surface area contributed by atoms with Crippen molar-refractivity contribution in [3.8, 4) is 17.0 Å². The third-order valence-electron chi connectivity index (χ3n) is 3.64. The average Bonchev–Trinajstić information content (AvgIpc) is 3.12. The Morgan fingerprint density at radius 3 is 2.76 bits per heavy atom. The Kier molecular flexibility index (Phi) is 4.89. The van der Waals surface area contributed by atoms with Crippen molar-refractivity contribution in [3.05, 3.63) is 71.4 Å². The van der Waals surface area contributed by atoms with E-state index in [0.29, 0.717) is 11.4 Å². The summed E-state index contributed by atoms with van der Waals surface area (Å²) in [7, 11) is 1.60. The Morgan fingerprint density at radius 2 is 2.00 bits per heavy atom. The summed E-state index contributed by atoms with van der Waals surface area (Å²) in [6.07, 6.45) is 1.55. The van der Waals surface area contributed by atoms with E-state index in [0.717, 1.165) is 16.9 Å². The molecular formula is C19H18N4O2. The molecule has 6 nitrogen and oxygen atoms in total. The van der Waals surface area contributed by atoms with Crippen LogP contribution in [0.4, 0.5) is 0 Å². The fraction of sp³-hybridized carbons (Fsp3) is 0.105. The number of carbonyl (C=O) groups is 1. The molecule has 0 radical (unpaired) electrons. The number of nitrogens with one attached hydrogen (secondary N) is 2. The smallest absolute Gasteiger partial charge is 0.289 e. The predicted octanol–water partition coefficient (Wildman–Crippen LogP) is 3.16. The van der Waals surface area contributed by atoms with Crippen molar-refractivity contribution in [2.24, 2.45) is 5.10 Å². The van der Waals surface area contributed by atoms with Crippen LogP contribution in [0.25, 0.3) is 11.3 Å². The zero-order valence-corrected chi connectivity index (χ0v) is 14.0. The number of hydrazone groups is 1. The third kappa shape index (κ3) is 4.11. The Labute approximate surface area is 145 Å². The van der Waals surface area contributed by atoms with Crippen LogP contribution in [-0.4, -0.2) is 29.4 Å². The van der Waals surface area contributed by atoms with Crippen LogP contribution in [0.15, 0.2) is 59.7 Å². The summed E-state index contributed by atoms with van der Waals surface area (Å²) < 4.78 is 5.14. The highest BCUT2D eigenvalue weighted by Gasteiger charge is 2.10. The van der Waals surface area contributed by atoms with Gasteiger partial charge in [0.05, 0.1) is 19.0 Å². The molecule has 3 aromatic rings. The second kappa shape index (κ2) is 7.44. The number of benzene rings is 2. The molecule has 0 saturated heterocycles. The zero-order valence-electron chi connectivity index (χ0n) is 14.0. The monoisotopic (exact) mass is 334 g/mol. The number of rotatable bonds is 5. The number of hydrogen-bond acceptors (Lipinski definition) is 4. The number of aryl methyl sites for hydroxylation is 1. The molecule has 0 aliphatic rings. The predicted molar refractivity (Wildman–Crippen MR) is 96.8 cm³/mol. The van der Waals surface area contributed by atoms with Gasteiger partial charge < -0.3 is 4.74 Å². The quantitative estimate of drug-likeness (QED) is 0.556. The van der Waals surface area contributed by atoms with Crippen molar-refractivity contribution >= 4 is 12.1 Å². The molecule has 0 aliphatic carbocycles. The fourth-order valence-electron chi connectivity index (χ4n) is 2.26. The van der Waals surface area contributed by atoms with Gasteiger partial charge in [-0.3, -0.25) is 9.89 Å². The first-order valence-corrected chi connectivity index (χ1v) is 7.75. The van der Waals surface area contributed by atoms with Gasteiger partial charge in [0, 0.05) is 5.56 Å². The maximum absolute atomic E-state index is 12.1. The molecule has 126 valence electrons. The van der Waals surface area contributed by atoms with E-state index in [1.807, 2.05) is 55.5 Å². The van der Waals surface area contributed by atoms with Crippen LogP contribution in [0, 0.1) is 6.92 Å². The number of ether oxygens (including phenoxy) is 1. The SMILES string of the molecule is COc1cccc(/C=N\NC(=O)c2cc(-c3ccc(C)cc3)n[nH]2)c1. The van der Waals surface area contributed by atoms with Crippen LogP contribution < -0.4 is 10.2 Å². The summed E-state index contributed by atoms with van der Waals surface area (Å²) in [5.41, 5.74) is 6.47. The van der Waals surface area contributed by atoms with Gasteiger partial charge in [-0.05, 0) is 30.7 Å². The van der Waals surface area contributed by atoms with Gasteiger partial charge in [-0.2, -0.15) is 10.2 Å². The molecule has 1 heterocycles. The normalized spacial score (nSPS) is 10.8. The second-order valence-corrected chi connectivity index (χ2v) is 5.51. The van der Waals surface area contributed by atoms with Crippen molar-refractivity contribution in [1.29, 1.82) is 0 Å². The molecule has 0 spiro atoms. The Balaban J connectivity index is 1.65. The number of aromatic amines is 1. The van der Waals surface area contributed by atoms with Gasteiger partial charge in [-0.15, -0.1) is 0 Å². The largest absolute Gasteiger partial charge is 0.497 e. The highest BCUT2D eigenvalue weighted by molar-refractivity contribution is 5.94. The molecule has 0 aliphatic heterocycles. The Bertz CT molecular complexity index is 898. The van der Waals surface area contributed by atoms with Gasteiger partial charge in [0.15, 0.2) is 0 Å². The first-order chi connectivity index (χ1) is 12.2. The highest BCUT2D eigenvalue weighted by atomic mass is 16.5. The molecular weight excluding hydrogens is 316 g/mol. The van der Waals surface area contributed by atoms with E-state index in [9.17, 15) is 4.79 Å². The lowest BCUT2D eigenvalue weighted by Gasteiger charge is -2.00. The minimum atomic E-state index is -0.356. The Morgan fingerprint density at radius 1 is 1.20 bits per heavy atom. The molecule has 0 atom stereocenters. The van der Waals surface area contributed by atoms with E-state index < -0.39 is 0 Å². The summed E-state index contributed by atoms with van der Waals surface area (Å²) in [4.78, 5) is 12.1. The number of aromatic nitrogens is 2. The van der Waals surface area contributed by atoms with Crippen LogP contribution >= 0.6 is 0 Å². The van der Waals surface area contributed by atoms with E-state index in [1.54, 1.807) is 19.4 Å². The fourth-order valence-corrected chi connectivity index (χ4v) is 2.26. The zero-order chi connectivity index (χ0) is 17.6. The molecule has 25 heavy (non-hydrogen) atoms. The van der Waals surface area contributed by atoms with Crippen molar-refractivity contribution in [2.75, 3.05) is 7.11 Å². The molecule has 1 aromatic heterocycles. The first-order valence-electron chi connectivity index (χ1n) is 7.75. The van der Waals surface area contributed by atoms with Gasteiger partial charge in [0.25, 0.3) is 5.91 Å². The van der Waals surface area contributed by atoms with Crippen molar-refractivity contribution in [3.63, 3.8) is 0 Å². The van der Waals surface area contributed by atoms with Crippen LogP contribution in [0.2, 0.25) is 0 Å². The van der Waals surface area contributed by atoms with E-state index in [2.05, 4.69) is 20.7 Å². The lowest BCUT2D eigenvalue weighted by molar-refractivity contribution is 0.0950. The van der Waals surface area contributed by atoms with Gasteiger partial charge in [0.2, 0.25) is 0 Å². The minimum absolute atomic E-state index is 0.346. The summed E-state index contributed by atoms with van der Waals surface area (Å²) in [5.74, 6) is 0.372. The van der Waals surface area contributed by atoms with Crippen molar-refractivity contribution in [1.82, 2.24) is 15.6 Å². The highest BCUT2D eigenvalue weighted by Crippen LogP contribution is 2.18. The standard InChI is InChI=1S/C19H18N4O2/c1-13-6-8-15(9-7-13)17-11-18(22-21-17)19(24)23-20-12-14-4-3-5-16(10-14)25-2/h3-12H,1-2H3,(H,21,22)(H,23,24)/b20-12-. The molecule has 2 aromatic carbocycles. The van der Waals surface area contributed by atoms with Gasteiger partial charge >= 0.3 is 0 Å².